The summed E-state index contributed by atoms with van der Waals surface area (Å²) < 4.78 is 18.8. The Kier molecular flexibility index (Phi) is 7.37. The van der Waals surface area contributed by atoms with E-state index in [2.05, 4.69) is 30.6 Å². The van der Waals surface area contributed by atoms with Gasteiger partial charge in [0.25, 0.3) is 0 Å². The molecule has 4 rings (SSSR count). The first-order valence-corrected chi connectivity index (χ1v) is 12.0. The van der Waals surface area contributed by atoms with Gasteiger partial charge in [0, 0.05) is 42.9 Å². The highest BCUT2D eigenvalue weighted by Crippen LogP contribution is 2.41. The number of carbonyl (C=O) groups is 1. The number of fused-ring (bicyclic) bond motifs is 1. The fraction of sp³-hybridized carbons (Fsp3) is 0.458. The van der Waals surface area contributed by atoms with Crippen LogP contribution >= 0.6 is 15.9 Å². The van der Waals surface area contributed by atoms with Gasteiger partial charge >= 0.3 is 5.97 Å². The smallest absolute Gasteiger partial charge is 0.306 e. The number of imidazole rings is 1. The summed E-state index contributed by atoms with van der Waals surface area (Å²) in [5.74, 6) is 3.75. The summed E-state index contributed by atoms with van der Waals surface area (Å²) in [6.07, 6.45) is 7.14. The molecule has 2 aromatic heterocycles. The zero-order valence-corrected chi connectivity index (χ0v) is 20.7. The van der Waals surface area contributed by atoms with Crippen LogP contribution in [0.4, 0.5) is 5.82 Å². The third-order valence-electron chi connectivity index (χ3n) is 6.15. The molecule has 0 radical (unpaired) electrons. The second-order valence-corrected chi connectivity index (χ2v) is 8.92. The molecule has 1 fully saturated rings. The largest absolute Gasteiger partial charge is 0.497 e. The maximum atomic E-state index is 11.9. The summed E-state index contributed by atoms with van der Waals surface area (Å²) in [6.45, 7) is 2.81. The number of benzene rings is 1. The Bertz CT molecular complexity index is 1130. The number of nitrogens with zero attached hydrogens (tertiary/aromatic N) is 3. The van der Waals surface area contributed by atoms with E-state index in [-0.39, 0.29) is 5.97 Å². The molecule has 0 aliphatic heterocycles. The van der Waals surface area contributed by atoms with Gasteiger partial charge < -0.3 is 19.5 Å². The average molecular weight is 517 g/mol. The SMILES string of the molecule is CCOC(=O)CC1CCC(c2nc(Br)c3c(NCc4ccc(OC)cc4OC)nccn23)C1. The van der Waals surface area contributed by atoms with Crippen molar-refractivity contribution in [1.29, 1.82) is 0 Å². The Morgan fingerprint density at radius 1 is 1.27 bits per heavy atom. The molecule has 176 valence electrons. The Hall–Kier alpha value is -2.81. The molecule has 2 unspecified atom stereocenters. The minimum absolute atomic E-state index is 0.109. The number of halogens is 1. The van der Waals surface area contributed by atoms with E-state index >= 15 is 0 Å². The fourth-order valence-electron chi connectivity index (χ4n) is 4.56. The van der Waals surface area contributed by atoms with Gasteiger partial charge in [-0.05, 0) is 60.2 Å². The first-order valence-electron chi connectivity index (χ1n) is 11.2. The molecule has 9 heteroatoms. The quantitative estimate of drug-likeness (QED) is 0.402. The van der Waals surface area contributed by atoms with Crippen molar-refractivity contribution in [3.8, 4) is 11.5 Å². The molecular weight excluding hydrogens is 488 g/mol. The first-order chi connectivity index (χ1) is 16.0. The number of nitrogens with one attached hydrogen (secondary N) is 1. The summed E-state index contributed by atoms with van der Waals surface area (Å²) >= 11 is 3.64. The van der Waals surface area contributed by atoms with E-state index in [1.807, 2.05) is 31.3 Å². The second kappa shape index (κ2) is 10.4. The summed E-state index contributed by atoms with van der Waals surface area (Å²) in [5, 5.41) is 3.43. The maximum Gasteiger partial charge on any atom is 0.306 e. The maximum absolute atomic E-state index is 11.9. The monoisotopic (exact) mass is 516 g/mol. The fourth-order valence-corrected chi connectivity index (χ4v) is 5.12. The van der Waals surface area contributed by atoms with Crippen molar-refractivity contribution in [3.05, 3.63) is 46.6 Å². The van der Waals surface area contributed by atoms with Gasteiger partial charge in [0.05, 0.1) is 20.8 Å². The molecule has 1 saturated carbocycles. The van der Waals surface area contributed by atoms with Crippen molar-refractivity contribution in [2.75, 3.05) is 26.1 Å². The predicted molar refractivity (Wildman–Crippen MR) is 129 cm³/mol. The van der Waals surface area contributed by atoms with Crippen molar-refractivity contribution in [3.63, 3.8) is 0 Å². The van der Waals surface area contributed by atoms with E-state index in [4.69, 9.17) is 19.2 Å². The summed E-state index contributed by atoms with van der Waals surface area (Å²) in [6, 6.07) is 5.75. The van der Waals surface area contributed by atoms with E-state index in [1.54, 1.807) is 20.4 Å². The van der Waals surface area contributed by atoms with Crippen LogP contribution < -0.4 is 14.8 Å². The van der Waals surface area contributed by atoms with Crippen LogP contribution in [0.15, 0.2) is 35.2 Å². The van der Waals surface area contributed by atoms with Gasteiger partial charge in [-0.1, -0.05) is 0 Å². The van der Waals surface area contributed by atoms with Crippen LogP contribution in [0.3, 0.4) is 0 Å². The zero-order chi connectivity index (χ0) is 23.4. The number of hydrogen-bond acceptors (Lipinski definition) is 7. The standard InChI is InChI=1S/C24H29BrN4O4/c1-4-33-20(30)12-15-5-6-16(11-15)24-28-22(25)21-23(26-9-10-29(21)24)27-14-17-7-8-18(31-2)13-19(17)32-3/h7-10,13,15-16H,4-6,11-12,14H2,1-3H3,(H,26,27). The molecule has 2 atom stereocenters. The van der Waals surface area contributed by atoms with Gasteiger partial charge in [-0.15, -0.1) is 0 Å². The van der Waals surface area contributed by atoms with Gasteiger partial charge in [0.2, 0.25) is 0 Å². The summed E-state index contributed by atoms with van der Waals surface area (Å²) in [7, 11) is 3.28. The summed E-state index contributed by atoms with van der Waals surface area (Å²) in [5.41, 5.74) is 1.89. The lowest BCUT2D eigenvalue weighted by atomic mass is 10.0. The van der Waals surface area contributed by atoms with E-state index in [0.29, 0.717) is 31.4 Å². The van der Waals surface area contributed by atoms with Crippen LogP contribution in [-0.4, -0.2) is 41.2 Å². The van der Waals surface area contributed by atoms with Crippen molar-refractivity contribution in [1.82, 2.24) is 14.4 Å². The molecule has 33 heavy (non-hydrogen) atoms. The second-order valence-electron chi connectivity index (χ2n) is 8.17. The Balaban J connectivity index is 1.53. The highest BCUT2D eigenvalue weighted by Gasteiger charge is 2.31. The lowest BCUT2D eigenvalue weighted by Crippen LogP contribution is -2.10. The lowest BCUT2D eigenvalue weighted by Gasteiger charge is -2.13. The first kappa shape index (κ1) is 23.4. The number of ether oxygens (including phenoxy) is 3. The molecule has 1 aromatic carbocycles. The molecule has 0 spiro atoms. The van der Waals surface area contributed by atoms with Crippen LogP contribution in [-0.2, 0) is 16.1 Å². The van der Waals surface area contributed by atoms with Gasteiger partial charge in [0.15, 0.2) is 5.82 Å². The molecular formula is C24H29BrN4O4. The number of methoxy groups -OCH3 is 2. The molecule has 3 aromatic rings. The number of hydrogen-bond donors (Lipinski definition) is 1. The summed E-state index contributed by atoms with van der Waals surface area (Å²) in [4.78, 5) is 21.3. The van der Waals surface area contributed by atoms with E-state index in [0.717, 1.165) is 58.1 Å². The van der Waals surface area contributed by atoms with Crippen molar-refractivity contribution in [2.45, 2.75) is 45.1 Å². The molecule has 0 saturated heterocycles. The Morgan fingerprint density at radius 3 is 2.88 bits per heavy atom. The topological polar surface area (TPSA) is 87.0 Å². The molecule has 8 nitrogen and oxygen atoms in total. The molecule has 0 bridgehead atoms. The minimum atomic E-state index is -0.109. The Morgan fingerprint density at radius 2 is 2.12 bits per heavy atom. The van der Waals surface area contributed by atoms with Crippen LogP contribution in [0.25, 0.3) is 5.52 Å². The molecule has 1 aliphatic carbocycles. The van der Waals surface area contributed by atoms with Crippen LogP contribution in [0.5, 0.6) is 11.5 Å². The van der Waals surface area contributed by atoms with E-state index < -0.39 is 0 Å². The predicted octanol–water partition coefficient (Wildman–Crippen LogP) is 4.96. The third-order valence-corrected chi connectivity index (χ3v) is 6.70. The van der Waals surface area contributed by atoms with Gasteiger partial charge in [-0.3, -0.25) is 9.20 Å². The molecule has 1 aliphatic rings. The number of esters is 1. The minimum Gasteiger partial charge on any atom is -0.497 e. The van der Waals surface area contributed by atoms with Crippen LogP contribution in [0.1, 0.15) is 49.9 Å². The number of rotatable bonds is 9. The van der Waals surface area contributed by atoms with Crippen LogP contribution in [0, 0.1) is 5.92 Å². The third kappa shape index (κ3) is 5.08. The zero-order valence-electron chi connectivity index (χ0n) is 19.1. The van der Waals surface area contributed by atoms with Gasteiger partial charge in [-0.25, -0.2) is 9.97 Å². The van der Waals surface area contributed by atoms with E-state index in [1.165, 1.54) is 0 Å². The molecule has 1 N–H and O–H groups in total. The highest BCUT2D eigenvalue weighted by atomic mass is 79.9. The normalized spacial score (nSPS) is 17.8. The molecule has 2 heterocycles. The van der Waals surface area contributed by atoms with Gasteiger partial charge in [-0.2, -0.15) is 0 Å². The number of anilines is 1. The van der Waals surface area contributed by atoms with Crippen molar-refractivity contribution >= 4 is 33.2 Å². The van der Waals surface area contributed by atoms with Crippen LogP contribution in [0.2, 0.25) is 0 Å². The lowest BCUT2D eigenvalue weighted by molar-refractivity contribution is -0.144. The number of aromatic nitrogens is 3. The Labute approximate surface area is 201 Å². The van der Waals surface area contributed by atoms with Crippen molar-refractivity contribution in [2.24, 2.45) is 5.92 Å². The van der Waals surface area contributed by atoms with E-state index in [9.17, 15) is 4.79 Å². The van der Waals surface area contributed by atoms with Gasteiger partial charge in [0.1, 0.15) is 27.4 Å². The highest BCUT2D eigenvalue weighted by molar-refractivity contribution is 9.10. The van der Waals surface area contributed by atoms with Crippen molar-refractivity contribution < 1.29 is 19.0 Å². The average Bonchev–Trinajstić information content (AvgIpc) is 3.42. The molecule has 0 amide bonds. The number of carbonyl (C=O) groups excluding carboxylic acids is 1.